The number of nitrogens with zero attached hydrogens (tertiary/aromatic N) is 2. The number of ether oxygens (including phenoxy) is 1. The molecule has 2 heterocycles. The molecule has 2 aromatic carbocycles. The number of hydrogen-bond donors (Lipinski definition) is 1. The molecule has 0 atom stereocenters. The molecule has 1 aliphatic rings. The Morgan fingerprint density at radius 3 is 2.55 bits per heavy atom. The zero-order valence-corrected chi connectivity index (χ0v) is 18.9. The molecule has 1 fully saturated rings. The molecule has 0 unspecified atom stereocenters. The first-order valence-electron chi connectivity index (χ1n) is 9.49. The van der Waals surface area contributed by atoms with E-state index in [2.05, 4.69) is 10.3 Å². The number of nitrogens with one attached hydrogen (secondary N) is 1. The number of hydrogen-bond acceptors (Lipinski definition) is 6. The van der Waals surface area contributed by atoms with E-state index >= 15 is 0 Å². The second kappa shape index (κ2) is 8.70. The molecule has 1 aliphatic heterocycles. The van der Waals surface area contributed by atoms with E-state index in [4.69, 9.17) is 16.3 Å². The second-order valence-corrected chi connectivity index (χ2v) is 10.4. The maximum Gasteiger partial charge on any atom is 0.243 e. The summed E-state index contributed by atoms with van der Waals surface area (Å²) in [6, 6.07) is 8.15. The number of amides is 1. The molecule has 0 spiro atoms. The van der Waals surface area contributed by atoms with Crippen LogP contribution < -0.4 is 10.1 Å². The molecule has 1 amide bonds. The van der Waals surface area contributed by atoms with Crippen molar-refractivity contribution in [1.29, 1.82) is 0 Å². The third-order valence-corrected chi connectivity index (χ3v) is 8.53. The topological polar surface area (TPSA) is 88.6 Å². The van der Waals surface area contributed by atoms with Gasteiger partial charge in [0.1, 0.15) is 17.1 Å². The van der Waals surface area contributed by atoms with Crippen molar-refractivity contribution in [1.82, 2.24) is 9.29 Å². The fraction of sp³-hybridized carbons (Fsp3) is 0.300. The van der Waals surface area contributed by atoms with Crippen LogP contribution in [-0.2, 0) is 14.8 Å². The largest absolute Gasteiger partial charge is 0.494 e. The molecular formula is C20H19ClFN3O4S2. The normalized spacial score (nSPS) is 15.8. The van der Waals surface area contributed by atoms with Gasteiger partial charge in [-0.05, 0) is 49.2 Å². The fourth-order valence-electron chi connectivity index (χ4n) is 3.49. The molecular weight excluding hydrogens is 465 g/mol. The number of methoxy groups -OCH3 is 1. The number of benzene rings is 2. The van der Waals surface area contributed by atoms with Gasteiger partial charge in [0, 0.05) is 19.0 Å². The van der Waals surface area contributed by atoms with Crippen molar-refractivity contribution in [2.45, 2.75) is 17.7 Å². The van der Waals surface area contributed by atoms with Crippen LogP contribution in [-0.4, -0.2) is 43.8 Å². The smallest absolute Gasteiger partial charge is 0.243 e. The first kappa shape index (κ1) is 21.9. The Kier molecular flexibility index (Phi) is 6.16. The van der Waals surface area contributed by atoms with E-state index in [0.717, 1.165) is 16.8 Å². The van der Waals surface area contributed by atoms with E-state index in [-0.39, 0.29) is 29.8 Å². The summed E-state index contributed by atoms with van der Waals surface area (Å²) < 4.78 is 45.9. The van der Waals surface area contributed by atoms with Gasteiger partial charge in [-0.25, -0.2) is 17.8 Å². The van der Waals surface area contributed by atoms with Crippen molar-refractivity contribution >= 4 is 54.2 Å². The highest BCUT2D eigenvalue weighted by Crippen LogP contribution is 2.37. The summed E-state index contributed by atoms with van der Waals surface area (Å²) in [6.07, 6.45) is 0.752. The van der Waals surface area contributed by atoms with Crippen LogP contribution >= 0.6 is 22.9 Å². The Hall–Kier alpha value is -2.27. The standard InChI is InChI=1S/C20H19ClFN3O4S2/c1-29-16-7-6-15(21)18-17(16)23-20(30-18)24-19(26)12-8-10-25(11-9-12)31(27,28)14-4-2-13(22)3-5-14/h2-7,12H,8-11H2,1H3,(H,23,24,26). The van der Waals surface area contributed by atoms with Crippen molar-refractivity contribution in [3.8, 4) is 5.75 Å². The maximum absolute atomic E-state index is 13.1. The van der Waals surface area contributed by atoms with Crippen LogP contribution in [0.15, 0.2) is 41.3 Å². The van der Waals surface area contributed by atoms with E-state index in [0.29, 0.717) is 34.3 Å². The van der Waals surface area contributed by atoms with Gasteiger partial charge in [0.05, 0.1) is 21.7 Å². The quantitative estimate of drug-likeness (QED) is 0.589. The predicted molar refractivity (Wildman–Crippen MR) is 118 cm³/mol. The lowest BCUT2D eigenvalue weighted by Gasteiger charge is -2.30. The van der Waals surface area contributed by atoms with Crippen LogP contribution in [0.1, 0.15) is 12.8 Å². The zero-order chi connectivity index (χ0) is 22.2. The summed E-state index contributed by atoms with van der Waals surface area (Å²) in [5.74, 6) is -0.490. The molecule has 11 heteroatoms. The van der Waals surface area contributed by atoms with Crippen LogP contribution in [0.5, 0.6) is 5.75 Å². The molecule has 1 saturated heterocycles. The Bertz CT molecular complexity index is 1220. The van der Waals surface area contributed by atoms with Crippen LogP contribution in [0, 0.1) is 11.7 Å². The summed E-state index contributed by atoms with van der Waals surface area (Å²) in [7, 11) is -2.18. The summed E-state index contributed by atoms with van der Waals surface area (Å²) >= 11 is 7.48. The third-order valence-electron chi connectivity index (χ3n) is 5.18. The predicted octanol–water partition coefficient (Wildman–Crippen LogP) is 4.14. The maximum atomic E-state index is 13.1. The number of carbonyl (C=O) groups excluding carboxylic acids is 1. The van der Waals surface area contributed by atoms with Gasteiger partial charge < -0.3 is 10.1 Å². The SMILES string of the molecule is COc1ccc(Cl)c2sc(NC(=O)C3CCN(S(=O)(=O)c4ccc(F)cc4)CC3)nc12. The van der Waals surface area contributed by atoms with Crippen molar-refractivity contribution in [2.75, 3.05) is 25.5 Å². The second-order valence-electron chi connectivity index (χ2n) is 7.07. The zero-order valence-electron chi connectivity index (χ0n) is 16.5. The van der Waals surface area contributed by atoms with E-state index < -0.39 is 15.8 Å². The van der Waals surface area contributed by atoms with Gasteiger partial charge in [-0.3, -0.25) is 4.79 Å². The van der Waals surface area contributed by atoms with Crippen molar-refractivity contribution < 1.29 is 22.3 Å². The lowest BCUT2D eigenvalue weighted by atomic mass is 9.97. The van der Waals surface area contributed by atoms with Gasteiger partial charge in [-0.15, -0.1) is 0 Å². The van der Waals surface area contributed by atoms with Crippen molar-refractivity contribution in [2.24, 2.45) is 5.92 Å². The number of fused-ring (bicyclic) bond motifs is 1. The Morgan fingerprint density at radius 1 is 1.23 bits per heavy atom. The van der Waals surface area contributed by atoms with E-state index in [9.17, 15) is 17.6 Å². The number of halogens is 2. The number of carbonyl (C=O) groups is 1. The first-order chi connectivity index (χ1) is 14.8. The van der Waals surface area contributed by atoms with Crippen LogP contribution in [0.3, 0.4) is 0 Å². The van der Waals surface area contributed by atoms with Gasteiger partial charge >= 0.3 is 0 Å². The minimum absolute atomic E-state index is 0.0390. The minimum atomic E-state index is -3.72. The average molecular weight is 484 g/mol. The van der Waals surface area contributed by atoms with E-state index in [1.165, 1.54) is 34.9 Å². The van der Waals surface area contributed by atoms with Gasteiger partial charge in [-0.1, -0.05) is 22.9 Å². The molecule has 1 aromatic heterocycles. The Labute approximate surface area is 187 Å². The molecule has 1 N–H and O–H groups in total. The molecule has 31 heavy (non-hydrogen) atoms. The summed E-state index contributed by atoms with van der Waals surface area (Å²) in [6.45, 7) is 0.411. The van der Waals surface area contributed by atoms with Crippen LogP contribution in [0.4, 0.5) is 9.52 Å². The molecule has 3 aromatic rings. The Balaban J connectivity index is 1.42. The van der Waals surface area contributed by atoms with E-state index in [1.54, 1.807) is 12.1 Å². The Morgan fingerprint density at radius 2 is 1.90 bits per heavy atom. The number of sulfonamides is 1. The molecule has 0 aliphatic carbocycles. The van der Waals surface area contributed by atoms with Gasteiger partial charge in [0.15, 0.2) is 5.13 Å². The van der Waals surface area contributed by atoms with Gasteiger partial charge in [-0.2, -0.15) is 4.31 Å². The molecule has 0 bridgehead atoms. The summed E-state index contributed by atoms with van der Waals surface area (Å²) in [5.41, 5.74) is 0.579. The highest BCUT2D eigenvalue weighted by molar-refractivity contribution is 7.89. The highest BCUT2D eigenvalue weighted by Gasteiger charge is 2.32. The number of piperidine rings is 1. The van der Waals surface area contributed by atoms with E-state index in [1.807, 2.05) is 0 Å². The average Bonchev–Trinajstić information content (AvgIpc) is 3.19. The van der Waals surface area contributed by atoms with Crippen molar-refractivity contribution in [3.05, 3.63) is 47.2 Å². The number of rotatable bonds is 5. The molecule has 0 saturated carbocycles. The first-order valence-corrected chi connectivity index (χ1v) is 12.1. The third kappa shape index (κ3) is 4.38. The summed E-state index contributed by atoms with van der Waals surface area (Å²) in [4.78, 5) is 17.2. The monoisotopic (exact) mass is 483 g/mol. The van der Waals surface area contributed by atoms with Crippen LogP contribution in [0.25, 0.3) is 10.2 Å². The minimum Gasteiger partial charge on any atom is -0.494 e. The fourth-order valence-corrected chi connectivity index (χ4v) is 6.12. The molecule has 7 nitrogen and oxygen atoms in total. The van der Waals surface area contributed by atoms with Gasteiger partial charge in [0.2, 0.25) is 15.9 Å². The van der Waals surface area contributed by atoms with Gasteiger partial charge in [0.25, 0.3) is 0 Å². The highest BCUT2D eigenvalue weighted by atomic mass is 35.5. The number of anilines is 1. The molecule has 164 valence electrons. The number of aromatic nitrogens is 1. The van der Waals surface area contributed by atoms with Crippen molar-refractivity contribution in [3.63, 3.8) is 0 Å². The number of thiazole rings is 1. The lowest BCUT2D eigenvalue weighted by Crippen LogP contribution is -2.41. The lowest BCUT2D eigenvalue weighted by molar-refractivity contribution is -0.120. The van der Waals surface area contributed by atoms with Crippen LogP contribution in [0.2, 0.25) is 5.02 Å². The molecule has 4 rings (SSSR count). The summed E-state index contributed by atoms with van der Waals surface area (Å²) in [5, 5.41) is 3.75. The molecule has 0 radical (unpaired) electrons.